The van der Waals surface area contributed by atoms with Crippen molar-refractivity contribution in [3.63, 3.8) is 0 Å². The Bertz CT molecular complexity index is 2560. The van der Waals surface area contributed by atoms with Crippen LogP contribution < -0.4 is 26.2 Å². The minimum absolute atomic E-state index is 0.159. The van der Waals surface area contributed by atoms with Crippen molar-refractivity contribution >= 4 is 89.9 Å². The zero-order valence-corrected chi connectivity index (χ0v) is 24.4. The van der Waals surface area contributed by atoms with E-state index in [4.69, 9.17) is 4.42 Å². The number of benzene rings is 7. The van der Waals surface area contributed by atoms with Crippen LogP contribution in [0.2, 0.25) is 0 Å². The number of hydrogen-bond donors (Lipinski definition) is 0. The summed E-state index contributed by atoms with van der Waals surface area (Å²) in [4.78, 5) is 4.29. The van der Waals surface area contributed by atoms with E-state index in [1.807, 2.05) is 42.5 Å². The largest absolute Gasteiger partial charge is 0.454 e. The van der Waals surface area contributed by atoms with Crippen molar-refractivity contribution in [2.24, 2.45) is 0 Å². The molecule has 1 aromatic heterocycles. The number of halogens is 2. The molecule has 3 nitrogen and oxygen atoms in total. The van der Waals surface area contributed by atoms with Gasteiger partial charge in [0.25, 0.3) is 6.71 Å². The van der Waals surface area contributed by atoms with Gasteiger partial charge in [-0.25, -0.2) is 8.78 Å². The Morgan fingerprint density at radius 3 is 1.91 bits per heavy atom. The maximum absolute atomic E-state index is 15.0. The van der Waals surface area contributed by atoms with Crippen molar-refractivity contribution in [2.45, 2.75) is 0 Å². The standard InChI is InChI=1S/C40H23BF2N2O/c42-26-10-5-12-28(22-26)44-34-15-7-16-35-38(34)41(33-20-24-8-1-2-9-25(24)21-36(33)44)32-19-18-31-30-14-3-4-17-37(30)46-40(31)39(32)45(35)29-13-6-11-27(43)23-29/h1-23H. The molecule has 3 heterocycles. The molecule has 216 valence electrons. The van der Waals surface area contributed by atoms with Crippen molar-refractivity contribution in [1.82, 2.24) is 0 Å². The van der Waals surface area contributed by atoms with Gasteiger partial charge < -0.3 is 14.2 Å². The van der Waals surface area contributed by atoms with Gasteiger partial charge in [-0.2, -0.15) is 0 Å². The maximum atomic E-state index is 15.0. The van der Waals surface area contributed by atoms with E-state index in [1.54, 1.807) is 24.3 Å². The highest BCUT2D eigenvalue weighted by molar-refractivity contribution is 7.00. The van der Waals surface area contributed by atoms with Crippen LogP contribution in [0.15, 0.2) is 144 Å². The van der Waals surface area contributed by atoms with Gasteiger partial charge in [-0.15, -0.1) is 0 Å². The molecule has 6 heteroatoms. The SMILES string of the molecule is Fc1cccc(N2c3cc4ccccc4cc3B3c4ccc5c(oc6ccccc65)c4N(c4cccc(F)c4)c4cccc2c43)c1. The first-order valence-electron chi connectivity index (χ1n) is 15.4. The zero-order chi connectivity index (χ0) is 30.5. The van der Waals surface area contributed by atoms with Crippen LogP contribution in [0.5, 0.6) is 0 Å². The van der Waals surface area contributed by atoms with E-state index in [2.05, 4.69) is 70.5 Å². The zero-order valence-electron chi connectivity index (χ0n) is 24.4. The lowest BCUT2D eigenvalue weighted by molar-refractivity contribution is 0.627. The molecule has 10 rings (SSSR count). The van der Waals surface area contributed by atoms with Crippen LogP contribution in [0.4, 0.5) is 42.9 Å². The molecule has 46 heavy (non-hydrogen) atoms. The lowest BCUT2D eigenvalue weighted by Crippen LogP contribution is -2.61. The van der Waals surface area contributed by atoms with Gasteiger partial charge in [0.05, 0.1) is 5.69 Å². The summed E-state index contributed by atoms with van der Waals surface area (Å²) in [5.74, 6) is -0.619. The Balaban J connectivity index is 1.37. The summed E-state index contributed by atoms with van der Waals surface area (Å²) in [5.41, 5.74) is 10.0. The second-order valence-electron chi connectivity index (χ2n) is 12.0. The fraction of sp³-hybridized carbons (Fsp3) is 0. The van der Waals surface area contributed by atoms with Crippen LogP contribution in [-0.4, -0.2) is 6.71 Å². The van der Waals surface area contributed by atoms with E-state index >= 15 is 0 Å². The Kier molecular flexibility index (Phi) is 5.16. The summed E-state index contributed by atoms with van der Waals surface area (Å²) in [6.45, 7) is -0.159. The highest BCUT2D eigenvalue weighted by atomic mass is 19.1. The van der Waals surface area contributed by atoms with E-state index in [-0.39, 0.29) is 18.3 Å². The average Bonchev–Trinajstić information content (AvgIpc) is 3.46. The number of anilines is 6. The summed E-state index contributed by atoms with van der Waals surface area (Å²) >= 11 is 0. The first-order valence-corrected chi connectivity index (χ1v) is 15.4. The molecular formula is C40H23BF2N2O. The van der Waals surface area contributed by atoms with Gasteiger partial charge in [0.1, 0.15) is 17.2 Å². The Hall–Kier alpha value is -5.88. The van der Waals surface area contributed by atoms with E-state index in [1.165, 1.54) is 12.1 Å². The van der Waals surface area contributed by atoms with Crippen molar-refractivity contribution < 1.29 is 13.2 Å². The van der Waals surface area contributed by atoms with Gasteiger partial charge in [-0.1, -0.05) is 78.9 Å². The molecule has 8 aromatic rings. The Morgan fingerprint density at radius 2 is 1.15 bits per heavy atom. The van der Waals surface area contributed by atoms with Crippen molar-refractivity contribution in [2.75, 3.05) is 9.80 Å². The van der Waals surface area contributed by atoms with Gasteiger partial charge in [0, 0.05) is 39.2 Å². The number of para-hydroxylation sites is 1. The molecule has 0 radical (unpaired) electrons. The first kappa shape index (κ1) is 25.5. The van der Waals surface area contributed by atoms with Crippen LogP contribution in [0.3, 0.4) is 0 Å². The molecule has 0 N–H and O–H groups in total. The molecule has 0 saturated heterocycles. The maximum Gasteiger partial charge on any atom is 0.252 e. The van der Waals surface area contributed by atoms with Crippen LogP contribution >= 0.6 is 0 Å². The van der Waals surface area contributed by atoms with Crippen LogP contribution in [-0.2, 0) is 0 Å². The molecule has 0 saturated carbocycles. The van der Waals surface area contributed by atoms with E-state index in [0.717, 1.165) is 77.5 Å². The number of hydrogen-bond acceptors (Lipinski definition) is 3. The van der Waals surface area contributed by atoms with Gasteiger partial charge in [-0.05, 0) is 87.8 Å². The summed E-state index contributed by atoms with van der Waals surface area (Å²) in [5, 5.41) is 4.27. The van der Waals surface area contributed by atoms with Gasteiger partial charge in [0.2, 0.25) is 0 Å². The molecule has 2 aliphatic rings. The number of fused-ring (bicyclic) bond motifs is 9. The third-order valence-electron chi connectivity index (χ3n) is 9.50. The number of nitrogens with zero attached hydrogens (tertiary/aromatic N) is 2. The van der Waals surface area contributed by atoms with E-state index < -0.39 is 0 Å². The quantitative estimate of drug-likeness (QED) is 0.186. The van der Waals surface area contributed by atoms with Crippen molar-refractivity contribution in [3.05, 3.63) is 151 Å². The van der Waals surface area contributed by atoms with Gasteiger partial charge >= 0.3 is 0 Å². The summed E-state index contributed by atoms with van der Waals surface area (Å²) < 4.78 is 36.5. The third kappa shape index (κ3) is 3.47. The molecule has 0 amide bonds. The highest BCUT2D eigenvalue weighted by Gasteiger charge is 2.44. The second kappa shape index (κ2) is 9.32. The van der Waals surface area contributed by atoms with Crippen molar-refractivity contribution in [1.29, 1.82) is 0 Å². The molecule has 0 unspecified atom stereocenters. The van der Waals surface area contributed by atoms with E-state index in [9.17, 15) is 8.78 Å². The molecule has 2 aliphatic heterocycles. The van der Waals surface area contributed by atoms with Crippen LogP contribution in [0, 0.1) is 11.6 Å². The van der Waals surface area contributed by atoms with E-state index in [0.29, 0.717) is 5.69 Å². The number of rotatable bonds is 2. The summed E-state index contributed by atoms with van der Waals surface area (Å²) in [6.07, 6.45) is 0. The first-order chi connectivity index (χ1) is 22.6. The smallest absolute Gasteiger partial charge is 0.252 e. The van der Waals surface area contributed by atoms with Crippen LogP contribution in [0.25, 0.3) is 32.7 Å². The highest BCUT2D eigenvalue weighted by Crippen LogP contribution is 2.47. The molecular weight excluding hydrogens is 573 g/mol. The monoisotopic (exact) mass is 596 g/mol. The lowest BCUT2D eigenvalue weighted by Gasteiger charge is -2.44. The van der Waals surface area contributed by atoms with Crippen LogP contribution in [0.1, 0.15) is 0 Å². The summed E-state index contributed by atoms with van der Waals surface area (Å²) in [7, 11) is 0. The molecule has 0 atom stereocenters. The minimum Gasteiger partial charge on any atom is -0.454 e. The molecule has 0 spiro atoms. The lowest BCUT2D eigenvalue weighted by atomic mass is 9.33. The third-order valence-corrected chi connectivity index (χ3v) is 9.50. The normalized spacial score (nSPS) is 13.3. The Labute approximate surface area is 263 Å². The fourth-order valence-electron chi connectivity index (χ4n) is 7.66. The van der Waals surface area contributed by atoms with Crippen molar-refractivity contribution in [3.8, 4) is 0 Å². The fourth-order valence-corrected chi connectivity index (χ4v) is 7.66. The Morgan fingerprint density at radius 1 is 0.500 bits per heavy atom. The second-order valence-corrected chi connectivity index (χ2v) is 12.0. The topological polar surface area (TPSA) is 19.6 Å². The number of furan rings is 1. The predicted octanol–water partition coefficient (Wildman–Crippen LogP) is 9.10. The minimum atomic E-state index is -0.319. The summed E-state index contributed by atoms with van der Waals surface area (Å²) in [6, 6.07) is 44.9. The average molecular weight is 596 g/mol. The van der Waals surface area contributed by atoms with Gasteiger partial charge in [-0.3, -0.25) is 0 Å². The van der Waals surface area contributed by atoms with Gasteiger partial charge in [0.15, 0.2) is 5.58 Å². The molecule has 0 aliphatic carbocycles. The predicted molar refractivity (Wildman–Crippen MR) is 185 cm³/mol. The molecule has 0 bridgehead atoms. The molecule has 0 fully saturated rings. The molecule has 7 aromatic carbocycles.